The summed E-state index contributed by atoms with van der Waals surface area (Å²) >= 11 is 0. The Balaban J connectivity index is 1.36. The van der Waals surface area contributed by atoms with Crippen LogP contribution < -0.4 is 5.32 Å². The summed E-state index contributed by atoms with van der Waals surface area (Å²) in [4.78, 5) is 21.9. The Hall–Kier alpha value is -4.26. The second-order valence-corrected chi connectivity index (χ2v) is 7.44. The number of para-hydroxylation sites is 2. The molecule has 0 unspecified atom stereocenters. The zero-order chi connectivity index (χ0) is 21.8. The number of aryl methyl sites for hydroxylation is 2. The maximum Gasteiger partial charge on any atom is 0.280 e. The fourth-order valence-corrected chi connectivity index (χ4v) is 3.64. The van der Waals surface area contributed by atoms with Crippen LogP contribution >= 0.6 is 0 Å². The molecule has 5 rings (SSSR count). The number of aromatic nitrogens is 4. The number of rotatable bonds is 7. The van der Waals surface area contributed by atoms with E-state index in [4.69, 9.17) is 4.52 Å². The van der Waals surface area contributed by atoms with Crippen LogP contribution in [0.25, 0.3) is 11.0 Å². The molecule has 0 radical (unpaired) electrons. The summed E-state index contributed by atoms with van der Waals surface area (Å²) < 4.78 is 7.37. The molecule has 0 aliphatic rings. The number of amides is 1. The zero-order valence-electron chi connectivity index (χ0n) is 17.3. The molecule has 1 N–H and O–H groups in total. The molecule has 0 bridgehead atoms. The third-order valence-electron chi connectivity index (χ3n) is 5.21. The molecule has 0 saturated heterocycles. The number of fused-ring (bicyclic) bond motifs is 1. The van der Waals surface area contributed by atoms with Gasteiger partial charge in [0.1, 0.15) is 5.76 Å². The first kappa shape index (κ1) is 19.7. The lowest BCUT2D eigenvalue weighted by atomic mass is 10.1. The summed E-state index contributed by atoms with van der Waals surface area (Å²) in [6.07, 6.45) is 3.07. The van der Waals surface area contributed by atoms with Crippen molar-refractivity contribution in [2.24, 2.45) is 0 Å². The summed E-state index contributed by atoms with van der Waals surface area (Å²) in [6.45, 7) is 0.630. The van der Waals surface area contributed by atoms with E-state index in [9.17, 15) is 4.79 Å². The fraction of sp³-hybridized carbons (Fsp3) is 0.120. The van der Waals surface area contributed by atoms with Crippen LogP contribution in [0.4, 0.5) is 5.95 Å². The maximum atomic E-state index is 12.9. The van der Waals surface area contributed by atoms with Gasteiger partial charge < -0.3 is 9.09 Å². The first-order valence-corrected chi connectivity index (χ1v) is 10.4. The van der Waals surface area contributed by atoms with Crippen LogP contribution in [0.15, 0.2) is 89.6 Å². The number of carbonyl (C=O) groups excluding carboxylic acids is 1. The number of pyridine rings is 1. The number of benzene rings is 2. The summed E-state index contributed by atoms with van der Waals surface area (Å²) in [6, 6.07) is 25.2. The number of nitrogens with one attached hydrogen (secondary N) is 1. The van der Waals surface area contributed by atoms with Gasteiger partial charge in [-0.1, -0.05) is 53.7 Å². The van der Waals surface area contributed by atoms with E-state index in [0.29, 0.717) is 24.7 Å². The molecule has 0 spiro atoms. The second kappa shape index (κ2) is 8.85. The van der Waals surface area contributed by atoms with Crippen LogP contribution in [0.1, 0.15) is 27.5 Å². The molecule has 32 heavy (non-hydrogen) atoms. The monoisotopic (exact) mass is 423 g/mol. The molecular formula is C25H21N5O2. The van der Waals surface area contributed by atoms with Crippen LogP contribution in [0.3, 0.4) is 0 Å². The smallest absolute Gasteiger partial charge is 0.280 e. The highest BCUT2D eigenvalue weighted by molar-refractivity contribution is 6.02. The van der Waals surface area contributed by atoms with Gasteiger partial charge in [0, 0.05) is 37.3 Å². The minimum absolute atomic E-state index is 0.222. The third-order valence-corrected chi connectivity index (χ3v) is 5.21. The molecule has 1 amide bonds. The van der Waals surface area contributed by atoms with E-state index in [2.05, 4.69) is 20.4 Å². The van der Waals surface area contributed by atoms with E-state index in [1.807, 2.05) is 77.4 Å². The van der Waals surface area contributed by atoms with Gasteiger partial charge in [0.25, 0.3) is 5.91 Å². The standard InChI is InChI=1S/C25H21N5O2/c31-24(22-17-20(32-29-22)16-18-8-2-1-3-9-18)28-25-27-21-11-4-5-12-23(21)30(25)15-13-19-10-6-7-14-26-19/h1-12,14,17H,13,15-16H2,(H,27,28,31). The molecule has 3 heterocycles. The van der Waals surface area contributed by atoms with E-state index < -0.39 is 0 Å². The Bertz CT molecular complexity index is 1340. The van der Waals surface area contributed by atoms with Crippen LogP contribution in [0, 0.1) is 0 Å². The average Bonchev–Trinajstić information content (AvgIpc) is 3.43. The fourth-order valence-electron chi connectivity index (χ4n) is 3.64. The van der Waals surface area contributed by atoms with Gasteiger partial charge in [-0.05, 0) is 29.8 Å². The highest BCUT2D eigenvalue weighted by atomic mass is 16.5. The molecule has 3 aromatic heterocycles. The van der Waals surface area contributed by atoms with Crippen molar-refractivity contribution >= 4 is 22.9 Å². The third kappa shape index (κ3) is 4.27. The molecule has 7 heteroatoms. The van der Waals surface area contributed by atoms with Crippen molar-refractivity contribution in [2.45, 2.75) is 19.4 Å². The molecular weight excluding hydrogens is 402 g/mol. The van der Waals surface area contributed by atoms with Gasteiger partial charge in [-0.25, -0.2) is 4.98 Å². The van der Waals surface area contributed by atoms with E-state index in [1.54, 1.807) is 12.3 Å². The zero-order valence-corrected chi connectivity index (χ0v) is 17.3. The highest BCUT2D eigenvalue weighted by Gasteiger charge is 2.18. The lowest BCUT2D eigenvalue weighted by molar-refractivity contribution is 0.101. The molecule has 158 valence electrons. The molecule has 0 atom stereocenters. The molecule has 0 fully saturated rings. The van der Waals surface area contributed by atoms with Gasteiger partial charge in [0.15, 0.2) is 5.69 Å². The molecule has 2 aromatic carbocycles. The highest BCUT2D eigenvalue weighted by Crippen LogP contribution is 2.21. The Morgan fingerprint density at radius 1 is 0.969 bits per heavy atom. The number of hydrogen-bond donors (Lipinski definition) is 1. The van der Waals surface area contributed by atoms with E-state index in [0.717, 1.165) is 28.7 Å². The Morgan fingerprint density at radius 3 is 2.62 bits per heavy atom. The Labute approximate surface area is 184 Å². The SMILES string of the molecule is O=C(Nc1nc2ccccc2n1CCc1ccccn1)c1cc(Cc2ccccc2)on1. The molecule has 0 aliphatic carbocycles. The van der Waals surface area contributed by atoms with Gasteiger partial charge >= 0.3 is 0 Å². The van der Waals surface area contributed by atoms with Crippen LogP contribution in [-0.4, -0.2) is 25.6 Å². The van der Waals surface area contributed by atoms with Gasteiger partial charge in [0.05, 0.1) is 11.0 Å². The molecule has 5 aromatic rings. The molecule has 0 aliphatic heterocycles. The van der Waals surface area contributed by atoms with Crippen molar-refractivity contribution in [3.05, 3.63) is 108 Å². The van der Waals surface area contributed by atoms with Crippen LogP contribution in [0.2, 0.25) is 0 Å². The van der Waals surface area contributed by atoms with Gasteiger partial charge in [-0.15, -0.1) is 0 Å². The topological polar surface area (TPSA) is 85.8 Å². The number of imidazole rings is 1. The lowest BCUT2D eigenvalue weighted by Gasteiger charge is -2.09. The molecule has 7 nitrogen and oxygen atoms in total. The van der Waals surface area contributed by atoms with Crippen molar-refractivity contribution in [3.8, 4) is 0 Å². The number of carbonyl (C=O) groups is 1. The first-order valence-electron chi connectivity index (χ1n) is 10.4. The van der Waals surface area contributed by atoms with Gasteiger partial charge in [-0.2, -0.15) is 0 Å². The minimum Gasteiger partial charge on any atom is -0.360 e. The predicted molar refractivity (Wildman–Crippen MR) is 121 cm³/mol. The number of anilines is 1. The van der Waals surface area contributed by atoms with Gasteiger partial charge in [0.2, 0.25) is 5.95 Å². The van der Waals surface area contributed by atoms with Crippen molar-refractivity contribution in [1.29, 1.82) is 0 Å². The van der Waals surface area contributed by atoms with E-state index in [-0.39, 0.29) is 11.6 Å². The maximum absolute atomic E-state index is 12.9. The number of nitrogens with zero attached hydrogens (tertiary/aromatic N) is 4. The van der Waals surface area contributed by atoms with Crippen molar-refractivity contribution < 1.29 is 9.32 Å². The Kier molecular flexibility index (Phi) is 5.45. The average molecular weight is 423 g/mol. The molecule has 0 saturated carbocycles. The summed E-state index contributed by atoms with van der Waals surface area (Å²) in [5.74, 6) is 0.743. The van der Waals surface area contributed by atoms with Crippen LogP contribution in [0.5, 0.6) is 0 Å². The van der Waals surface area contributed by atoms with E-state index >= 15 is 0 Å². The quantitative estimate of drug-likeness (QED) is 0.416. The van der Waals surface area contributed by atoms with Crippen molar-refractivity contribution in [2.75, 3.05) is 5.32 Å². The van der Waals surface area contributed by atoms with Crippen molar-refractivity contribution in [1.82, 2.24) is 19.7 Å². The predicted octanol–water partition coefficient (Wildman–Crippen LogP) is 4.51. The summed E-state index contributed by atoms with van der Waals surface area (Å²) in [5, 5.41) is 6.85. The number of hydrogen-bond acceptors (Lipinski definition) is 5. The minimum atomic E-state index is -0.359. The van der Waals surface area contributed by atoms with Crippen LogP contribution in [-0.2, 0) is 19.4 Å². The lowest BCUT2D eigenvalue weighted by Crippen LogP contribution is -2.17. The second-order valence-electron chi connectivity index (χ2n) is 7.44. The van der Waals surface area contributed by atoms with E-state index in [1.165, 1.54) is 0 Å². The Morgan fingerprint density at radius 2 is 1.78 bits per heavy atom. The largest absolute Gasteiger partial charge is 0.360 e. The van der Waals surface area contributed by atoms with Gasteiger partial charge in [-0.3, -0.25) is 15.1 Å². The first-order chi connectivity index (χ1) is 15.8. The normalized spacial score (nSPS) is 11.0. The summed E-state index contributed by atoms with van der Waals surface area (Å²) in [7, 11) is 0. The van der Waals surface area contributed by atoms with Crippen molar-refractivity contribution in [3.63, 3.8) is 0 Å². The summed E-state index contributed by atoms with van der Waals surface area (Å²) in [5.41, 5.74) is 4.05.